The lowest BCUT2D eigenvalue weighted by Gasteiger charge is -2.23. The first kappa shape index (κ1) is 13.5. The summed E-state index contributed by atoms with van der Waals surface area (Å²) >= 11 is 17.5. The van der Waals surface area contributed by atoms with E-state index in [-0.39, 0.29) is 10.7 Å². The second-order valence-corrected chi connectivity index (χ2v) is 4.96. The van der Waals surface area contributed by atoms with Gasteiger partial charge in [0.25, 0.3) is 0 Å². The van der Waals surface area contributed by atoms with Gasteiger partial charge in [0.15, 0.2) is 0 Å². The summed E-state index contributed by atoms with van der Waals surface area (Å²) in [5.41, 5.74) is 0. The second-order valence-electron chi connectivity index (χ2n) is 2.33. The van der Waals surface area contributed by atoms with Crippen molar-refractivity contribution < 1.29 is 10.2 Å². The van der Waals surface area contributed by atoms with E-state index in [2.05, 4.69) is 31.9 Å². The molecule has 0 aromatic heterocycles. The molecule has 12 heavy (non-hydrogen) atoms. The van der Waals surface area contributed by atoms with Gasteiger partial charge in [-0.2, -0.15) is 0 Å². The van der Waals surface area contributed by atoms with Crippen LogP contribution in [0.4, 0.5) is 0 Å². The Balaban J connectivity index is 3.99. The Bertz CT molecular complexity index is 114. The van der Waals surface area contributed by atoms with Crippen molar-refractivity contribution in [3.05, 3.63) is 0 Å². The quantitative estimate of drug-likeness (QED) is 0.745. The maximum absolute atomic E-state index is 9.46. The van der Waals surface area contributed by atoms with Crippen LogP contribution in [0.25, 0.3) is 0 Å². The zero-order valence-corrected chi connectivity index (χ0v) is 10.8. The summed E-state index contributed by atoms with van der Waals surface area (Å²) in [5.74, 6) is 0.0211. The Labute approximate surface area is 98.5 Å². The molecule has 2 N–H and O–H groups in total. The smallest absolute Gasteiger partial charge is 0.0877 e. The number of rotatable bonds is 5. The van der Waals surface area contributed by atoms with Crippen LogP contribution in [0.1, 0.15) is 0 Å². The van der Waals surface area contributed by atoms with Crippen LogP contribution in [-0.2, 0) is 0 Å². The van der Waals surface area contributed by atoms with E-state index in [0.717, 1.165) is 0 Å². The van der Waals surface area contributed by atoms with Crippen molar-refractivity contribution in [2.75, 3.05) is 11.2 Å². The highest BCUT2D eigenvalue weighted by Gasteiger charge is 2.28. The van der Waals surface area contributed by atoms with Gasteiger partial charge in [0, 0.05) is 11.2 Å². The lowest BCUT2D eigenvalue weighted by Crippen LogP contribution is -2.40. The van der Waals surface area contributed by atoms with Gasteiger partial charge in [-0.25, -0.2) is 0 Å². The van der Waals surface area contributed by atoms with Crippen LogP contribution in [0.2, 0.25) is 0 Å². The van der Waals surface area contributed by atoms with E-state index in [1.54, 1.807) is 0 Å². The van der Waals surface area contributed by atoms with E-state index in [1.807, 2.05) is 0 Å². The lowest BCUT2D eigenvalue weighted by atomic mass is 10.1. The van der Waals surface area contributed by atoms with Crippen LogP contribution >= 0.6 is 55.1 Å². The molecule has 74 valence electrons. The van der Waals surface area contributed by atoms with Crippen LogP contribution < -0.4 is 0 Å². The van der Waals surface area contributed by atoms with Crippen molar-refractivity contribution in [2.24, 2.45) is 0 Å². The van der Waals surface area contributed by atoms with Crippen molar-refractivity contribution in [3.8, 4) is 0 Å². The van der Waals surface area contributed by atoms with Gasteiger partial charge in [-0.3, -0.25) is 0 Å². The van der Waals surface area contributed by atoms with Crippen LogP contribution in [-0.4, -0.2) is 43.8 Å². The maximum atomic E-state index is 9.46. The van der Waals surface area contributed by atoms with Crippen LogP contribution in [0.3, 0.4) is 0 Å². The first-order chi connectivity index (χ1) is 5.54. The Kier molecular flexibility index (Phi) is 7.68. The molecule has 0 aromatic rings. The van der Waals surface area contributed by atoms with Crippen molar-refractivity contribution >= 4 is 55.1 Å². The molecule has 0 heterocycles. The summed E-state index contributed by atoms with van der Waals surface area (Å²) < 4.78 is 0. The zero-order chi connectivity index (χ0) is 9.72. The molecule has 6 heteroatoms. The summed E-state index contributed by atoms with van der Waals surface area (Å²) in [6, 6.07) is 0. The van der Waals surface area contributed by atoms with Crippen LogP contribution in [0.5, 0.6) is 0 Å². The Morgan fingerprint density at radius 3 is 2.17 bits per heavy atom. The highest BCUT2D eigenvalue weighted by atomic mass is 79.9. The van der Waals surface area contributed by atoms with Gasteiger partial charge in [-0.15, -0.1) is 23.2 Å². The SMILES string of the molecule is OC(CCl)C(Cl)C(O)C(Br)CBr. The molecule has 4 atom stereocenters. The zero-order valence-electron chi connectivity index (χ0n) is 6.13. The van der Waals surface area contributed by atoms with Crippen molar-refractivity contribution in [1.82, 2.24) is 0 Å². The molecular formula is C6H10Br2Cl2O2. The fourth-order valence-corrected chi connectivity index (χ4v) is 2.04. The topological polar surface area (TPSA) is 40.5 Å². The molecule has 0 radical (unpaired) electrons. The fraction of sp³-hybridized carbons (Fsp3) is 1.00. The van der Waals surface area contributed by atoms with Gasteiger partial charge in [0.2, 0.25) is 0 Å². The third-order valence-electron chi connectivity index (χ3n) is 1.37. The number of aliphatic hydroxyl groups excluding tert-OH is 2. The summed E-state index contributed by atoms with van der Waals surface area (Å²) in [6.07, 6.45) is -1.71. The Morgan fingerprint density at radius 1 is 1.33 bits per heavy atom. The number of halogens is 4. The first-order valence-electron chi connectivity index (χ1n) is 3.30. The average molecular weight is 345 g/mol. The van der Waals surface area contributed by atoms with E-state index in [9.17, 15) is 10.2 Å². The highest BCUT2D eigenvalue weighted by Crippen LogP contribution is 2.19. The van der Waals surface area contributed by atoms with Gasteiger partial charge >= 0.3 is 0 Å². The van der Waals surface area contributed by atoms with Gasteiger partial charge in [0.1, 0.15) is 0 Å². The predicted molar refractivity (Wildman–Crippen MR) is 58.9 cm³/mol. The monoisotopic (exact) mass is 342 g/mol. The molecule has 0 rings (SSSR count). The molecule has 0 bridgehead atoms. The van der Waals surface area contributed by atoms with Crippen molar-refractivity contribution in [2.45, 2.75) is 22.4 Å². The van der Waals surface area contributed by atoms with Gasteiger partial charge in [-0.1, -0.05) is 31.9 Å². The molecule has 0 saturated carbocycles. The molecule has 0 spiro atoms. The highest BCUT2D eigenvalue weighted by molar-refractivity contribution is 9.12. The lowest BCUT2D eigenvalue weighted by molar-refractivity contribution is 0.100. The maximum Gasteiger partial charge on any atom is 0.0877 e. The molecule has 0 fully saturated rings. The number of alkyl halides is 4. The normalized spacial score (nSPS) is 21.5. The van der Waals surface area contributed by atoms with E-state index in [1.165, 1.54) is 0 Å². The van der Waals surface area contributed by atoms with E-state index < -0.39 is 17.6 Å². The largest absolute Gasteiger partial charge is 0.390 e. The molecule has 0 aliphatic rings. The van der Waals surface area contributed by atoms with Crippen LogP contribution in [0.15, 0.2) is 0 Å². The van der Waals surface area contributed by atoms with E-state index in [0.29, 0.717) is 5.33 Å². The Hall–Kier alpha value is 1.46. The van der Waals surface area contributed by atoms with Crippen molar-refractivity contribution in [3.63, 3.8) is 0 Å². The Morgan fingerprint density at radius 2 is 1.83 bits per heavy atom. The van der Waals surface area contributed by atoms with E-state index in [4.69, 9.17) is 23.2 Å². The molecule has 4 unspecified atom stereocenters. The minimum absolute atomic E-state index is 0.0211. The van der Waals surface area contributed by atoms with Gasteiger partial charge in [-0.05, 0) is 0 Å². The molecule has 0 aliphatic carbocycles. The minimum atomic E-state index is -0.887. The minimum Gasteiger partial charge on any atom is -0.390 e. The van der Waals surface area contributed by atoms with Gasteiger partial charge < -0.3 is 10.2 Å². The van der Waals surface area contributed by atoms with E-state index >= 15 is 0 Å². The first-order valence-corrected chi connectivity index (χ1v) is 6.31. The summed E-state index contributed by atoms with van der Waals surface area (Å²) in [4.78, 5) is -0.183. The third kappa shape index (κ3) is 4.11. The molecule has 0 aromatic carbocycles. The van der Waals surface area contributed by atoms with Crippen LogP contribution in [0, 0.1) is 0 Å². The molecule has 0 amide bonds. The standard InChI is InChI=1S/C6H10Br2Cl2O2/c7-1-3(8)6(12)5(10)4(11)2-9/h3-6,11-12H,1-2H2. The predicted octanol–water partition coefficient (Wildman–Crippen LogP) is 1.71. The summed E-state index contributed by atoms with van der Waals surface area (Å²) in [7, 11) is 0. The molecular weight excluding hydrogens is 335 g/mol. The summed E-state index contributed by atoms with van der Waals surface area (Å²) in [6.45, 7) is 0. The fourth-order valence-electron chi connectivity index (χ4n) is 0.603. The number of aliphatic hydroxyl groups is 2. The number of hydrogen-bond donors (Lipinski definition) is 2. The summed E-state index contributed by atoms with van der Waals surface area (Å²) in [5, 5.41) is 18.5. The molecule has 0 aliphatic heterocycles. The molecule has 0 saturated heterocycles. The van der Waals surface area contributed by atoms with Crippen molar-refractivity contribution in [1.29, 1.82) is 0 Å². The number of hydrogen-bond acceptors (Lipinski definition) is 2. The average Bonchev–Trinajstić information content (AvgIpc) is 2.12. The van der Waals surface area contributed by atoms with Gasteiger partial charge in [0.05, 0.1) is 22.4 Å². The molecule has 2 nitrogen and oxygen atoms in total. The third-order valence-corrected chi connectivity index (χ3v) is 4.67. The second kappa shape index (κ2) is 6.85.